The molecule has 8 heteroatoms. The molecule has 5 rings (SSSR count). The number of ether oxygens (including phenoxy) is 2. The van der Waals surface area contributed by atoms with Crippen LogP contribution >= 0.6 is 11.6 Å². The first-order chi connectivity index (χ1) is 17.4. The SMILES string of the molecule is C=C(Cl)CC1C[C@@H](C)O[C@@H](OC[C@@]23C[C@@H]4[C@H](C)CC[C@H]4[C@@]4(C=O)C[C@@H]2C=C(C(C)C)[C@@]34C(=O)O)[C@@H](O)N1. The van der Waals surface area contributed by atoms with Crippen LogP contribution in [0, 0.1) is 45.8 Å². The number of nitrogens with one attached hydrogen (secondary N) is 1. The molecule has 0 aromatic carbocycles. The van der Waals surface area contributed by atoms with Crippen LogP contribution in [0.15, 0.2) is 23.3 Å². The Morgan fingerprint density at radius 3 is 2.70 bits per heavy atom. The van der Waals surface area contributed by atoms with Gasteiger partial charge in [-0.15, -0.1) is 0 Å². The number of carbonyl (C=O) groups is 2. The van der Waals surface area contributed by atoms with E-state index in [9.17, 15) is 19.8 Å². The molecule has 0 aromatic heterocycles. The summed E-state index contributed by atoms with van der Waals surface area (Å²) >= 11 is 6.03. The molecule has 1 aliphatic heterocycles. The van der Waals surface area contributed by atoms with Crippen LogP contribution in [-0.2, 0) is 19.1 Å². The maximum absolute atomic E-state index is 13.5. The molecule has 0 spiro atoms. The molecule has 0 amide bonds. The van der Waals surface area contributed by atoms with Gasteiger partial charge in [0.1, 0.15) is 11.7 Å². The lowest BCUT2D eigenvalue weighted by molar-refractivity contribution is -0.240. The highest BCUT2D eigenvalue weighted by molar-refractivity contribution is 6.29. The summed E-state index contributed by atoms with van der Waals surface area (Å²) in [6.07, 6.45) is 5.21. The molecular formula is C29H42ClNO6. The Balaban J connectivity index is 1.52. The Morgan fingerprint density at radius 1 is 1.35 bits per heavy atom. The fourth-order valence-corrected chi connectivity index (χ4v) is 9.74. The first-order valence-electron chi connectivity index (χ1n) is 13.9. The minimum absolute atomic E-state index is 0.00120. The lowest BCUT2D eigenvalue weighted by atomic mass is 9.43. The van der Waals surface area contributed by atoms with Crippen molar-refractivity contribution in [3.8, 4) is 0 Å². The molecule has 1 saturated heterocycles. The van der Waals surface area contributed by atoms with Gasteiger partial charge in [-0.2, -0.15) is 0 Å². The number of aliphatic hydroxyl groups excluding tert-OH is 1. The van der Waals surface area contributed by atoms with Crippen LogP contribution in [0.25, 0.3) is 0 Å². The molecule has 1 heterocycles. The second-order valence-electron chi connectivity index (χ2n) is 12.9. The minimum Gasteiger partial charge on any atom is -0.481 e. The third-order valence-electron chi connectivity index (χ3n) is 10.7. The van der Waals surface area contributed by atoms with E-state index in [1.54, 1.807) is 0 Å². The number of carbonyl (C=O) groups excluding carboxylic acids is 1. The van der Waals surface area contributed by atoms with Gasteiger partial charge in [0, 0.05) is 16.5 Å². The van der Waals surface area contributed by atoms with Gasteiger partial charge in [-0.1, -0.05) is 57.0 Å². The highest BCUT2D eigenvalue weighted by Crippen LogP contribution is 2.82. The molecule has 3 N–H and O–H groups in total. The maximum atomic E-state index is 13.5. The van der Waals surface area contributed by atoms with Gasteiger partial charge in [-0.25, -0.2) is 0 Å². The molecule has 4 fully saturated rings. The van der Waals surface area contributed by atoms with Crippen LogP contribution in [0.2, 0.25) is 0 Å². The molecule has 0 radical (unpaired) electrons. The van der Waals surface area contributed by atoms with Crippen LogP contribution in [0.1, 0.15) is 66.2 Å². The second-order valence-corrected chi connectivity index (χ2v) is 13.4. The molecule has 37 heavy (non-hydrogen) atoms. The Morgan fingerprint density at radius 2 is 2.08 bits per heavy atom. The quantitative estimate of drug-likeness (QED) is 0.311. The summed E-state index contributed by atoms with van der Waals surface area (Å²) in [6.45, 7) is 12.1. The summed E-state index contributed by atoms with van der Waals surface area (Å²) < 4.78 is 12.5. The summed E-state index contributed by atoms with van der Waals surface area (Å²) in [5.74, 6) is -0.188. The molecule has 5 aliphatic rings. The highest BCUT2D eigenvalue weighted by Gasteiger charge is 2.84. The van der Waals surface area contributed by atoms with E-state index in [4.69, 9.17) is 21.1 Å². The number of carboxylic acid groups (broad SMARTS) is 1. The van der Waals surface area contributed by atoms with E-state index in [-0.39, 0.29) is 42.4 Å². The van der Waals surface area contributed by atoms with Crippen LogP contribution in [0.4, 0.5) is 0 Å². The number of hydrogen-bond donors (Lipinski definition) is 3. The zero-order chi connectivity index (χ0) is 26.9. The number of aliphatic carboxylic acids is 1. The molecule has 3 saturated carbocycles. The number of hydrogen-bond acceptors (Lipinski definition) is 6. The number of fused-ring (bicyclic) bond motifs is 2. The minimum atomic E-state index is -1.31. The Labute approximate surface area is 225 Å². The lowest BCUT2D eigenvalue weighted by Crippen LogP contribution is -2.64. The fourth-order valence-electron chi connectivity index (χ4n) is 9.55. The van der Waals surface area contributed by atoms with Crippen LogP contribution < -0.4 is 5.32 Å². The molecule has 1 unspecified atom stereocenters. The van der Waals surface area contributed by atoms with E-state index in [0.29, 0.717) is 36.6 Å². The molecule has 0 aromatic rings. The van der Waals surface area contributed by atoms with Gasteiger partial charge in [0.05, 0.1) is 18.1 Å². The third kappa shape index (κ3) is 3.67. The zero-order valence-corrected chi connectivity index (χ0v) is 23.2. The van der Waals surface area contributed by atoms with E-state index < -0.39 is 34.7 Å². The summed E-state index contributed by atoms with van der Waals surface area (Å²) in [5.41, 5.74) is -2.13. The lowest BCUT2D eigenvalue weighted by Gasteiger charge is -2.58. The van der Waals surface area contributed by atoms with Gasteiger partial charge in [-0.05, 0) is 68.6 Å². The molecule has 7 nitrogen and oxygen atoms in total. The Hall–Kier alpha value is -1.25. The van der Waals surface area contributed by atoms with Crippen LogP contribution in [-0.4, -0.2) is 53.7 Å². The number of aliphatic hydroxyl groups is 1. The van der Waals surface area contributed by atoms with Gasteiger partial charge in [0.15, 0.2) is 12.5 Å². The first-order valence-corrected chi connectivity index (χ1v) is 14.3. The van der Waals surface area contributed by atoms with Crippen LogP contribution in [0.3, 0.4) is 0 Å². The van der Waals surface area contributed by atoms with Crippen molar-refractivity contribution in [1.29, 1.82) is 0 Å². The first kappa shape index (κ1) is 27.3. The van der Waals surface area contributed by atoms with Gasteiger partial charge < -0.3 is 24.5 Å². The number of halogens is 1. The summed E-state index contributed by atoms with van der Waals surface area (Å²) in [5, 5.41) is 25.7. The second kappa shape index (κ2) is 9.44. The average Bonchev–Trinajstić information content (AvgIpc) is 3.34. The largest absolute Gasteiger partial charge is 0.481 e. The van der Waals surface area contributed by atoms with Gasteiger partial charge >= 0.3 is 5.97 Å². The maximum Gasteiger partial charge on any atom is 0.315 e. The van der Waals surface area contributed by atoms with E-state index in [1.807, 2.05) is 20.8 Å². The molecule has 11 atom stereocenters. The van der Waals surface area contributed by atoms with Crippen LogP contribution in [0.5, 0.6) is 0 Å². The predicted octanol–water partition coefficient (Wildman–Crippen LogP) is 4.48. The average molecular weight is 536 g/mol. The van der Waals surface area contributed by atoms with Crippen molar-refractivity contribution in [3.63, 3.8) is 0 Å². The number of carboxylic acids is 1. The molecule has 206 valence electrons. The third-order valence-corrected chi connectivity index (χ3v) is 10.9. The van der Waals surface area contributed by atoms with Crippen molar-refractivity contribution in [2.75, 3.05) is 6.61 Å². The van der Waals surface area contributed by atoms with E-state index in [0.717, 1.165) is 24.7 Å². The molecule has 4 aliphatic carbocycles. The summed E-state index contributed by atoms with van der Waals surface area (Å²) in [6, 6.07) is -0.110. The Bertz CT molecular complexity index is 999. The smallest absolute Gasteiger partial charge is 0.315 e. The van der Waals surface area contributed by atoms with Gasteiger partial charge in [0.2, 0.25) is 0 Å². The van der Waals surface area contributed by atoms with Crippen molar-refractivity contribution in [1.82, 2.24) is 5.32 Å². The van der Waals surface area contributed by atoms with Crippen molar-refractivity contribution >= 4 is 23.9 Å². The number of rotatable bonds is 8. The molecule has 4 bridgehead atoms. The van der Waals surface area contributed by atoms with Gasteiger partial charge in [-0.3, -0.25) is 10.1 Å². The summed E-state index contributed by atoms with van der Waals surface area (Å²) in [7, 11) is 0. The number of aldehydes is 1. The zero-order valence-electron chi connectivity index (χ0n) is 22.4. The Kier molecular flexibility index (Phi) is 6.97. The molecular weight excluding hydrogens is 494 g/mol. The highest BCUT2D eigenvalue weighted by atomic mass is 35.5. The monoisotopic (exact) mass is 535 g/mol. The van der Waals surface area contributed by atoms with E-state index in [1.165, 1.54) is 0 Å². The van der Waals surface area contributed by atoms with Crippen molar-refractivity contribution in [2.24, 2.45) is 45.8 Å². The van der Waals surface area contributed by atoms with E-state index in [2.05, 4.69) is 24.9 Å². The van der Waals surface area contributed by atoms with Crippen molar-refractivity contribution in [2.45, 2.75) is 90.9 Å². The normalized spacial score (nSPS) is 48.5. The van der Waals surface area contributed by atoms with Crippen molar-refractivity contribution < 1.29 is 29.3 Å². The standard InChI is InChI=1S/C29H42ClNO6/c1-15(2)23-10-19-11-27(13-32)22-7-6-16(3)21(22)12-28(19,29(23,27)26(34)35)14-36-25-24(33)31-20(8-17(4)30)9-18(5)37-25/h10,13,15-16,18-22,24-25,31,33H,4,6-9,11-12,14H2,1-3,5H3,(H,34,35)/t16-,18-,19+,20?,21-,22-,24-,25-,27+,28+,29+/m1/s1. The number of allylic oxidation sites excluding steroid dienone is 1. The van der Waals surface area contributed by atoms with Crippen molar-refractivity contribution in [3.05, 3.63) is 23.3 Å². The fraction of sp³-hybridized carbons (Fsp3) is 0.793. The van der Waals surface area contributed by atoms with Gasteiger partial charge in [0.25, 0.3) is 0 Å². The topological polar surface area (TPSA) is 105 Å². The predicted molar refractivity (Wildman–Crippen MR) is 139 cm³/mol. The summed E-state index contributed by atoms with van der Waals surface area (Å²) in [4.78, 5) is 26.7. The van der Waals surface area contributed by atoms with E-state index >= 15 is 0 Å².